The van der Waals surface area contributed by atoms with Crippen LogP contribution in [0.15, 0.2) is 29.2 Å². The van der Waals surface area contributed by atoms with Crippen LogP contribution < -0.4 is 5.73 Å². The van der Waals surface area contributed by atoms with Crippen molar-refractivity contribution in [2.45, 2.75) is 56.8 Å². The number of aryl methyl sites for hydroxylation is 1. The van der Waals surface area contributed by atoms with Gasteiger partial charge in [0.15, 0.2) is 0 Å². The zero-order chi connectivity index (χ0) is 13.2. The first kappa shape index (κ1) is 15.5. The largest absolute Gasteiger partial charge is 0.384 e. The molecule has 0 saturated carbocycles. The van der Waals surface area contributed by atoms with Crippen molar-refractivity contribution in [2.24, 2.45) is 5.73 Å². The third-order valence-corrected chi connectivity index (χ3v) is 3.92. The van der Waals surface area contributed by atoms with Crippen molar-refractivity contribution in [3.8, 4) is 0 Å². The van der Waals surface area contributed by atoms with E-state index in [4.69, 9.17) is 18.0 Å². The Morgan fingerprint density at radius 1 is 1.06 bits per heavy atom. The van der Waals surface area contributed by atoms with E-state index in [1.54, 1.807) is 0 Å². The predicted molar refractivity (Wildman–Crippen MR) is 86.2 cm³/mol. The lowest BCUT2D eigenvalue weighted by molar-refractivity contribution is 0.607. The van der Waals surface area contributed by atoms with E-state index in [9.17, 15) is 0 Å². The van der Waals surface area contributed by atoms with Gasteiger partial charge in [0, 0.05) is 4.90 Å². The molecule has 1 aromatic rings. The molecule has 1 nitrogen and oxygen atoms in total. The summed E-state index contributed by atoms with van der Waals surface area (Å²) in [4.78, 5) is 1.13. The van der Waals surface area contributed by atoms with Gasteiger partial charge < -0.3 is 5.73 Å². The van der Waals surface area contributed by atoms with Crippen LogP contribution in [0.25, 0.3) is 0 Å². The van der Waals surface area contributed by atoms with Crippen molar-refractivity contribution in [1.29, 1.82) is 0 Å². The van der Waals surface area contributed by atoms with Crippen LogP contribution in [-0.4, -0.2) is 4.32 Å². The molecule has 0 heterocycles. The molecule has 0 unspecified atom stereocenters. The van der Waals surface area contributed by atoms with Crippen LogP contribution >= 0.6 is 24.0 Å². The number of thiocarbonyl (C=S) groups is 1. The van der Waals surface area contributed by atoms with Gasteiger partial charge in [0.2, 0.25) is 0 Å². The van der Waals surface area contributed by atoms with E-state index in [0.717, 1.165) is 4.90 Å². The van der Waals surface area contributed by atoms with Gasteiger partial charge in [-0.25, -0.2) is 0 Å². The minimum Gasteiger partial charge on any atom is -0.384 e. The maximum absolute atomic E-state index is 5.50. The first-order chi connectivity index (χ1) is 8.72. The molecule has 0 spiro atoms. The van der Waals surface area contributed by atoms with E-state index < -0.39 is 0 Å². The molecular weight excluding hydrogens is 258 g/mol. The van der Waals surface area contributed by atoms with Crippen molar-refractivity contribution in [3.63, 3.8) is 0 Å². The van der Waals surface area contributed by atoms with Crippen LogP contribution in [0.1, 0.15) is 51.0 Å². The number of nitrogens with two attached hydrogens (primary N) is 1. The Labute approximate surface area is 121 Å². The zero-order valence-corrected chi connectivity index (χ0v) is 12.8. The summed E-state index contributed by atoms with van der Waals surface area (Å²) in [5, 5.41) is 0. The Morgan fingerprint density at radius 3 is 2.28 bits per heavy atom. The number of thioether (sulfide) groups is 1. The Hall–Kier alpha value is -0.540. The average molecular weight is 281 g/mol. The molecule has 0 radical (unpaired) electrons. The molecule has 0 atom stereocenters. The van der Waals surface area contributed by atoms with Gasteiger partial charge in [-0.2, -0.15) is 0 Å². The van der Waals surface area contributed by atoms with Crippen molar-refractivity contribution in [3.05, 3.63) is 29.8 Å². The quantitative estimate of drug-likeness (QED) is 0.416. The summed E-state index contributed by atoms with van der Waals surface area (Å²) in [5.41, 5.74) is 6.91. The van der Waals surface area contributed by atoms with Crippen LogP contribution in [0.5, 0.6) is 0 Å². The molecule has 1 aromatic carbocycles. The first-order valence-electron chi connectivity index (χ1n) is 6.78. The fourth-order valence-corrected chi connectivity index (χ4v) is 2.74. The van der Waals surface area contributed by atoms with Crippen LogP contribution in [0.3, 0.4) is 0 Å². The molecule has 0 aliphatic carbocycles. The standard InChI is InChI=1S/C15H23NS2/c1-2-3-4-5-6-7-8-13-9-11-14(12-10-13)18-15(16)17/h9-12H,2-8H2,1H3,(H2,16,17). The highest BCUT2D eigenvalue weighted by Crippen LogP contribution is 2.19. The molecule has 100 valence electrons. The van der Waals surface area contributed by atoms with E-state index >= 15 is 0 Å². The van der Waals surface area contributed by atoms with Gasteiger partial charge in [0.1, 0.15) is 4.32 Å². The molecule has 0 aromatic heterocycles. The maximum Gasteiger partial charge on any atom is 0.135 e. The van der Waals surface area contributed by atoms with E-state index in [1.165, 1.54) is 62.3 Å². The van der Waals surface area contributed by atoms with Crippen LogP contribution in [0.4, 0.5) is 0 Å². The molecule has 0 fully saturated rings. The summed E-state index contributed by atoms with van der Waals surface area (Å²) >= 11 is 6.33. The van der Waals surface area contributed by atoms with Gasteiger partial charge >= 0.3 is 0 Å². The van der Waals surface area contributed by atoms with Gasteiger partial charge in [0.25, 0.3) is 0 Å². The summed E-state index contributed by atoms with van der Waals surface area (Å²) in [6.07, 6.45) is 9.30. The second-order valence-electron chi connectivity index (χ2n) is 4.58. The fraction of sp³-hybridized carbons (Fsp3) is 0.533. The topological polar surface area (TPSA) is 26.0 Å². The molecule has 0 aliphatic heterocycles. The molecule has 0 saturated heterocycles. The van der Waals surface area contributed by atoms with Crippen molar-refractivity contribution >= 4 is 28.3 Å². The minimum atomic E-state index is 0.485. The number of benzene rings is 1. The number of unbranched alkanes of at least 4 members (excludes halogenated alkanes) is 5. The van der Waals surface area contributed by atoms with Gasteiger partial charge in [-0.3, -0.25) is 0 Å². The van der Waals surface area contributed by atoms with Crippen LogP contribution in [0, 0.1) is 0 Å². The van der Waals surface area contributed by atoms with Crippen LogP contribution in [-0.2, 0) is 6.42 Å². The minimum absolute atomic E-state index is 0.485. The SMILES string of the molecule is CCCCCCCCc1ccc(SC(N)=S)cc1. The third-order valence-electron chi connectivity index (χ3n) is 2.96. The lowest BCUT2D eigenvalue weighted by Crippen LogP contribution is -2.00. The smallest absolute Gasteiger partial charge is 0.135 e. The Morgan fingerprint density at radius 2 is 1.67 bits per heavy atom. The lowest BCUT2D eigenvalue weighted by atomic mass is 10.1. The highest BCUT2D eigenvalue weighted by atomic mass is 32.2. The van der Waals surface area contributed by atoms with Crippen molar-refractivity contribution in [1.82, 2.24) is 0 Å². The van der Waals surface area contributed by atoms with E-state index in [1.807, 2.05) is 0 Å². The molecule has 18 heavy (non-hydrogen) atoms. The number of hydrogen-bond acceptors (Lipinski definition) is 2. The average Bonchev–Trinajstić information content (AvgIpc) is 2.35. The Bertz CT molecular complexity index is 346. The maximum atomic E-state index is 5.50. The second kappa shape index (κ2) is 9.40. The third kappa shape index (κ3) is 7.02. The van der Waals surface area contributed by atoms with Gasteiger partial charge in [-0.15, -0.1) is 0 Å². The summed E-state index contributed by atoms with van der Waals surface area (Å²) < 4.78 is 0.485. The van der Waals surface area contributed by atoms with Crippen molar-refractivity contribution < 1.29 is 0 Å². The van der Waals surface area contributed by atoms with Gasteiger partial charge in [-0.1, -0.05) is 75.1 Å². The highest BCUT2D eigenvalue weighted by Gasteiger charge is 1.98. The molecule has 2 N–H and O–H groups in total. The summed E-state index contributed by atoms with van der Waals surface area (Å²) in [5.74, 6) is 0. The summed E-state index contributed by atoms with van der Waals surface area (Å²) in [7, 11) is 0. The van der Waals surface area contributed by atoms with Crippen molar-refractivity contribution in [2.75, 3.05) is 0 Å². The summed E-state index contributed by atoms with van der Waals surface area (Å²) in [6, 6.07) is 8.59. The molecular formula is C15H23NS2. The molecule has 0 aliphatic rings. The summed E-state index contributed by atoms with van der Waals surface area (Å²) in [6.45, 7) is 2.26. The van der Waals surface area contributed by atoms with E-state index in [2.05, 4.69) is 31.2 Å². The molecule has 3 heteroatoms. The number of rotatable bonds is 8. The zero-order valence-electron chi connectivity index (χ0n) is 11.2. The number of hydrogen-bond donors (Lipinski definition) is 1. The lowest BCUT2D eigenvalue weighted by Gasteiger charge is -2.04. The first-order valence-corrected chi connectivity index (χ1v) is 8.01. The highest BCUT2D eigenvalue weighted by molar-refractivity contribution is 8.22. The predicted octanol–water partition coefficient (Wildman–Crippen LogP) is 4.93. The van der Waals surface area contributed by atoms with Gasteiger partial charge in [0.05, 0.1) is 0 Å². The molecule has 0 bridgehead atoms. The Balaban J connectivity index is 2.20. The fourth-order valence-electron chi connectivity index (χ4n) is 1.95. The molecule has 0 amide bonds. The van der Waals surface area contributed by atoms with E-state index in [-0.39, 0.29) is 0 Å². The second-order valence-corrected chi connectivity index (χ2v) is 6.40. The Kier molecular flexibility index (Phi) is 8.10. The van der Waals surface area contributed by atoms with Gasteiger partial charge in [-0.05, 0) is 30.5 Å². The monoisotopic (exact) mass is 281 g/mol. The van der Waals surface area contributed by atoms with E-state index in [0.29, 0.717) is 4.32 Å². The molecule has 1 rings (SSSR count). The normalized spacial score (nSPS) is 10.5. The van der Waals surface area contributed by atoms with Crippen LogP contribution in [0.2, 0.25) is 0 Å².